The topological polar surface area (TPSA) is 98.5 Å². The van der Waals surface area contributed by atoms with E-state index in [-0.39, 0.29) is 22.3 Å². The molecule has 1 saturated carbocycles. The van der Waals surface area contributed by atoms with Gasteiger partial charge in [-0.1, -0.05) is 41.9 Å². The molecular formula is C18H15ClN2O5. The number of nitrogens with zero attached hydrogens (tertiary/aromatic N) is 1. The van der Waals surface area contributed by atoms with Crippen LogP contribution in [-0.4, -0.2) is 16.8 Å². The zero-order valence-electron chi connectivity index (χ0n) is 13.6. The average molecular weight is 375 g/mol. The lowest BCUT2D eigenvalue weighted by Gasteiger charge is -2.18. The number of nitrogens with one attached hydrogen (secondary N) is 1. The van der Waals surface area contributed by atoms with Crippen molar-refractivity contribution >= 4 is 34.9 Å². The Balaban J connectivity index is 1.81. The summed E-state index contributed by atoms with van der Waals surface area (Å²) in [6.07, 6.45) is 0.391. The molecule has 1 fully saturated rings. The normalized spacial score (nSPS) is 14.3. The summed E-state index contributed by atoms with van der Waals surface area (Å²) in [5, 5.41) is 13.4. The van der Waals surface area contributed by atoms with Crippen molar-refractivity contribution in [1.82, 2.24) is 0 Å². The van der Waals surface area contributed by atoms with E-state index in [0.717, 1.165) is 18.9 Å². The van der Waals surface area contributed by atoms with Gasteiger partial charge in [0.2, 0.25) is 6.10 Å². The third-order valence-electron chi connectivity index (χ3n) is 3.91. The zero-order chi connectivity index (χ0) is 18.7. The number of amides is 1. The second-order valence-corrected chi connectivity index (χ2v) is 6.32. The van der Waals surface area contributed by atoms with Crippen LogP contribution in [0.4, 0.5) is 11.4 Å². The summed E-state index contributed by atoms with van der Waals surface area (Å²) in [5.74, 6) is -1.15. The van der Waals surface area contributed by atoms with Gasteiger partial charge in [0, 0.05) is 17.7 Å². The van der Waals surface area contributed by atoms with Gasteiger partial charge in [0.05, 0.1) is 21.6 Å². The molecule has 0 saturated heterocycles. The van der Waals surface area contributed by atoms with E-state index in [1.807, 2.05) is 0 Å². The molecule has 0 unspecified atom stereocenters. The average Bonchev–Trinajstić information content (AvgIpc) is 3.47. The Labute approximate surface area is 154 Å². The Morgan fingerprint density at radius 3 is 2.46 bits per heavy atom. The summed E-state index contributed by atoms with van der Waals surface area (Å²) < 4.78 is 5.39. The summed E-state index contributed by atoms with van der Waals surface area (Å²) in [4.78, 5) is 34.9. The molecule has 8 heteroatoms. The number of ether oxygens (including phenoxy) is 1. The van der Waals surface area contributed by atoms with E-state index in [0.29, 0.717) is 5.56 Å². The summed E-state index contributed by atoms with van der Waals surface area (Å²) in [7, 11) is 0. The predicted octanol–water partition coefficient (Wildman–Crippen LogP) is 3.88. The Hall–Kier alpha value is -2.93. The first-order valence-corrected chi connectivity index (χ1v) is 8.34. The van der Waals surface area contributed by atoms with Crippen LogP contribution >= 0.6 is 11.6 Å². The quantitative estimate of drug-likeness (QED) is 0.470. The van der Waals surface area contributed by atoms with Crippen molar-refractivity contribution in [2.45, 2.75) is 18.9 Å². The van der Waals surface area contributed by atoms with Gasteiger partial charge in [-0.25, -0.2) is 0 Å². The van der Waals surface area contributed by atoms with Crippen molar-refractivity contribution in [2.75, 3.05) is 5.32 Å². The molecule has 1 amide bonds. The Bertz CT molecular complexity index is 852. The number of hydrogen-bond donors (Lipinski definition) is 1. The van der Waals surface area contributed by atoms with Gasteiger partial charge in [0.1, 0.15) is 0 Å². The fourth-order valence-electron chi connectivity index (χ4n) is 2.35. The number of nitro groups is 1. The lowest BCUT2D eigenvalue weighted by Crippen LogP contribution is -2.26. The number of hydrogen-bond acceptors (Lipinski definition) is 5. The van der Waals surface area contributed by atoms with Crippen LogP contribution in [0.15, 0.2) is 48.5 Å². The summed E-state index contributed by atoms with van der Waals surface area (Å²) >= 11 is 6.01. The number of rotatable bonds is 6. The van der Waals surface area contributed by atoms with E-state index in [4.69, 9.17) is 16.3 Å². The molecule has 2 aromatic rings. The lowest BCUT2D eigenvalue weighted by atomic mass is 10.1. The highest BCUT2D eigenvalue weighted by Crippen LogP contribution is 2.33. The van der Waals surface area contributed by atoms with E-state index in [1.54, 1.807) is 30.3 Å². The highest BCUT2D eigenvalue weighted by molar-refractivity contribution is 6.34. The monoisotopic (exact) mass is 374 g/mol. The maximum absolute atomic E-state index is 12.7. The van der Waals surface area contributed by atoms with Crippen LogP contribution in [0.5, 0.6) is 0 Å². The van der Waals surface area contributed by atoms with Gasteiger partial charge in [-0.2, -0.15) is 0 Å². The molecule has 1 aliphatic rings. The standard InChI is InChI=1S/C18H15ClN2O5/c19-14-10-13(21(24)25)8-9-15(14)20-17(22)16(11-4-2-1-3-5-11)26-18(23)12-6-7-12/h1-5,8-10,12,16H,6-7H2,(H,20,22)/t16-/m0/s1. The van der Waals surface area contributed by atoms with Gasteiger partial charge in [0.15, 0.2) is 0 Å². The second-order valence-electron chi connectivity index (χ2n) is 5.91. The Morgan fingerprint density at radius 2 is 1.88 bits per heavy atom. The third-order valence-corrected chi connectivity index (χ3v) is 4.22. The minimum atomic E-state index is -1.13. The molecule has 1 N–H and O–H groups in total. The van der Waals surface area contributed by atoms with Gasteiger partial charge in [0.25, 0.3) is 11.6 Å². The Morgan fingerprint density at radius 1 is 1.19 bits per heavy atom. The zero-order valence-corrected chi connectivity index (χ0v) is 14.3. The minimum absolute atomic E-state index is 0.0212. The first kappa shape index (κ1) is 17.9. The molecule has 0 aliphatic heterocycles. The molecule has 2 aromatic carbocycles. The predicted molar refractivity (Wildman–Crippen MR) is 94.7 cm³/mol. The fourth-order valence-corrected chi connectivity index (χ4v) is 2.57. The number of carbonyl (C=O) groups excluding carboxylic acids is 2. The number of halogens is 1. The van der Waals surface area contributed by atoms with Gasteiger partial charge in [-0.05, 0) is 18.9 Å². The molecule has 26 heavy (non-hydrogen) atoms. The maximum Gasteiger partial charge on any atom is 0.310 e. The number of non-ortho nitro benzene ring substituents is 1. The molecule has 0 spiro atoms. The van der Waals surface area contributed by atoms with Crippen molar-refractivity contribution in [3.05, 3.63) is 69.2 Å². The van der Waals surface area contributed by atoms with Crippen molar-refractivity contribution in [1.29, 1.82) is 0 Å². The first-order chi connectivity index (χ1) is 12.5. The van der Waals surface area contributed by atoms with E-state index in [9.17, 15) is 19.7 Å². The number of esters is 1. The maximum atomic E-state index is 12.7. The van der Waals surface area contributed by atoms with E-state index < -0.39 is 22.9 Å². The van der Waals surface area contributed by atoms with E-state index >= 15 is 0 Å². The molecule has 0 heterocycles. The Kier molecular flexibility index (Phi) is 5.18. The molecule has 0 radical (unpaired) electrons. The van der Waals surface area contributed by atoms with Gasteiger partial charge in [-0.15, -0.1) is 0 Å². The van der Waals surface area contributed by atoms with Gasteiger partial charge < -0.3 is 10.1 Å². The number of carbonyl (C=O) groups is 2. The summed E-state index contributed by atoms with van der Waals surface area (Å²) in [5.41, 5.74) is 0.537. The highest BCUT2D eigenvalue weighted by atomic mass is 35.5. The van der Waals surface area contributed by atoms with Crippen LogP contribution in [0.25, 0.3) is 0 Å². The van der Waals surface area contributed by atoms with Crippen LogP contribution in [0.2, 0.25) is 5.02 Å². The molecule has 1 aliphatic carbocycles. The van der Waals surface area contributed by atoms with Crippen molar-refractivity contribution < 1.29 is 19.2 Å². The molecule has 0 aromatic heterocycles. The molecule has 1 atom stereocenters. The first-order valence-electron chi connectivity index (χ1n) is 7.96. The van der Waals surface area contributed by atoms with Crippen molar-refractivity contribution in [3.8, 4) is 0 Å². The number of nitro benzene ring substituents is 1. The van der Waals surface area contributed by atoms with Crippen LogP contribution < -0.4 is 5.32 Å². The van der Waals surface area contributed by atoms with Crippen molar-refractivity contribution in [3.63, 3.8) is 0 Å². The van der Waals surface area contributed by atoms with Gasteiger partial charge >= 0.3 is 5.97 Å². The summed E-state index contributed by atoms with van der Waals surface area (Å²) in [6.45, 7) is 0. The third kappa shape index (κ3) is 4.18. The second kappa shape index (κ2) is 7.53. The van der Waals surface area contributed by atoms with Crippen LogP contribution in [0.3, 0.4) is 0 Å². The highest BCUT2D eigenvalue weighted by Gasteiger charge is 2.35. The molecule has 3 rings (SSSR count). The summed E-state index contributed by atoms with van der Waals surface area (Å²) in [6, 6.07) is 12.3. The minimum Gasteiger partial charge on any atom is -0.447 e. The SMILES string of the molecule is O=C(O[C@H](C(=O)Nc1ccc([N+](=O)[O-])cc1Cl)c1ccccc1)C1CC1. The molecular weight excluding hydrogens is 360 g/mol. The lowest BCUT2D eigenvalue weighted by molar-refractivity contribution is -0.384. The van der Waals surface area contributed by atoms with Crippen LogP contribution in [0.1, 0.15) is 24.5 Å². The van der Waals surface area contributed by atoms with E-state index in [1.165, 1.54) is 12.1 Å². The molecule has 0 bridgehead atoms. The van der Waals surface area contributed by atoms with Crippen LogP contribution in [0, 0.1) is 16.0 Å². The van der Waals surface area contributed by atoms with Gasteiger partial charge in [-0.3, -0.25) is 19.7 Å². The number of anilines is 1. The van der Waals surface area contributed by atoms with Crippen LogP contribution in [-0.2, 0) is 14.3 Å². The van der Waals surface area contributed by atoms with E-state index in [2.05, 4.69) is 5.32 Å². The largest absolute Gasteiger partial charge is 0.447 e. The molecule has 134 valence electrons. The smallest absolute Gasteiger partial charge is 0.310 e. The fraction of sp³-hybridized carbons (Fsp3) is 0.222. The van der Waals surface area contributed by atoms with Crippen molar-refractivity contribution in [2.24, 2.45) is 5.92 Å². The molecule has 7 nitrogen and oxygen atoms in total. The number of benzene rings is 2.